The van der Waals surface area contributed by atoms with Gasteiger partial charge in [-0.05, 0) is 29.9 Å². The van der Waals surface area contributed by atoms with Crippen molar-refractivity contribution in [3.63, 3.8) is 0 Å². The average molecular weight is 177 g/mol. The molecule has 0 radical (unpaired) electrons. The highest BCUT2D eigenvalue weighted by Crippen LogP contribution is 2.46. The van der Waals surface area contributed by atoms with Gasteiger partial charge in [0.2, 0.25) is 0 Å². The van der Waals surface area contributed by atoms with Gasteiger partial charge in [-0.3, -0.25) is 16.3 Å². The lowest BCUT2D eigenvalue weighted by atomic mass is 10.0. The van der Waals surface area contributed by atoms with Crippen molar-refractivity contribution < 1.29 is 0 Å². The van der Waals surface area contributed by atoms with E-state index in [4.69, 9.17) is 5.84 Å². The first kappa shape index (κ1) is 8.66. The molecule has 1 heterocycles. The van der Waals surface area contributed by atoms with Gasteiger partial charge in [0.15, 0.2) is 0 Å². The maximum atomic E-state index is 5.53. The Morgan fingerprint density at radius 3 is 2.92 bits per heavy atom. The van der Waals surface area contributed by atoms with Crippen LogP contribution < -0.4 is 11.3 Å². The average Bonchev–Trinajstić information content (AvgIpc) is 2.86. The monoisotopic (exact) mass is 177 g/mol. The topological polar surface area (TPSA) is 50.9 Å². The van der Waals surface area contributed by atoms with Crippen LogP contribution in [0.1, 0.15) is 24.9 Å². The number of nitrogens with two attached hydrogens (primary N) is 1. The van der Waals surface area contributed by atoms with Gasteiger partial charge in [0.1, 0.15) is 0 Å². The van der Waals surface area contributed by atoms with Crippen molar-refractivity contribution in [3.05, 3.63) is 30.1 Å². The molecule has 1 aliphatic rings. The quantitative estimate of drug-likeness (QED) is 0.539. The van der Waals surface area contributed by atoms with Gasteiger partial charge in [-0.1, -0.05) is 13.0 Å². The van der Waals surface area contributed by atoms with Crippen molar-refractivity contribution in [2.45, 2.75) is 19.4 Å². The minimum Gasteiger partial charge on any atom is -0.271 e. The van der Waals surface area contributed by atoms with E-state index < -0.39 is 0 Å². The number of pyridine rings is 1. The van der Waals surface area contributed by atoms with Crippen LogP contribution in [0.2, 0.25) is 0 Å². The molecule has 70 valence electrons. The number of hydrazine groups is 1. The zero-order valence-corrected chi connectivity index (χ0v) is 7.77. The number of aromatic nitrogens is 1. The molecule has 1 aromatic rings. The summed E-state index contributed by atoms with van der Waals surface area (Å²) in [6, 6.07) is 4.30. The molecule has 3 heteroatoms. The number of nitrogens with one attached hydrogen (secondary N) is 1. The van der Waals surface area contributed by atoms with E-state index in [0.29, 0.717) is 5.92 Å². The molecule has 1 aliphatic carbocycles. The van der Waals surface area contributed by atoms with Crippen LogP contribution in [0.4, 0.5) is 0 Å². The third-order valence-corrected chi connectivity index (χ3v) is 2.82. The maximum absolute atomic E-state index is 5.53. The summed E-state index contributed by atoms with van der Waals surface area (Å²) in [7, 11) is 0. The second-order valence-corrected chi connectivity index (χ2v) is 3.81. The lowest BCUT2D eigenvalue weighted by Gasteiger charge is -2.14. The van der Waals surface area contributed by atoms with Gasteiger partial charge in [-0.25, -0.2) is 0 Å². The summed E-state index contributed by atoms with van der Waals surface area (Å²) in [5.74, 6) is 7.01. The first-order valence-corrected chi connectivity index (χ1v) is 4.69. The molecule has 2 rings (SSSR count). The Balaban J connectivity index is 2.13. The minimum atomic E-state index is 0.281. The minimum absolute atomic E-state index is 0.281. The summed E-state index contributed by atoms with van der Waals surface area (Å²) < 4.78 is 0. The van der Waals surface area contributed by atoms with E-state index in [2.05, 4.69) is 23.4 Å². The lowest BCUT2D eigenvalue weighted by molar-refractivity contribution is 0.474. The maximum Gasteiger partial charge on any atom is 0.0506 e. The molecule has 1 fully saturated rings. The predicted molar refractivity (Wildman–Crippen MR) is 51.6 cm³/mol. The van der Waals surface area contributed by atoms with E-state index in [1.165, 1.54) is 12.0 Å². The fourth-order valence-corrected chi connectivity index (χ4v) is 1.84. The second kappa shape index (κ2) is 3.44. The van der Waals surface area contributed by atoms with E-state index in [0.717, 1.165) is 5.92 Å². The third kappa shape index (κ3) is 1.71. The van der Waals surface area contributed by atoms with Crippen LogP contribution in [-0.2, 0) is 0 Å². The molecule has 13 heavy (non-hydrogen) atoms. The molecule has 3 N–H and O–H groups in total. The van der Waals surface area contributed by atoms with Crippen molar-refractivity contribution in [2.24, 2.45) is 17.7 Å². The van der Waals surface area contributed by atoms with Crippen LogP contribution in [0.5, 0.6) is 0 Å². The van der Waals surface area contributed by atoms with E-state index in [-0.39, 0.29) is 6.04 Å². The Labute approximate surface area is 78.3 Å². The van der Waals surface area contributed by atoms with Gasteiger partial charge in [-0.2, -0.15) is 0 Å². The number of hydrogen-bond donors (Lipinski definition) is 2. The van der Waals surface area contributed by atoms with Gasteiger partial charge in [0, 0.05) is 12.4 Å². The van der Waals surface area contributed by atoms with Gasteiger partial charge in [0.05, 0.1) is 6.04 Å². The largest absolute Gasteiger partial charge is 0.271 e. The molecular weight excluding hydrogens is 162 g/mol. The molecule has 0 saturated heterocycles. The van der Waals surface area contributed by atoms with E-state index in [9.17, 15) is 0 Å². The molecule has 3 nitrogen and oxygen atoms in total. The molecule has 1 aromatic heterocycles. The van der Waals surface area contributed by atoms with E-state index in [1.807, 2.05) is 12.3 Å². The smallest absolute Gasteiger partial charge is 0.0506 e. The van der Waals surface area contributed by atoms with Crippen LogP contribution in [-0.4, -0.2) is 4.98 Å². The number of rotatable bonds is 3. The zero-order chi connectivity index (χ0) is 9.26. The van der Waals surface area contributed by atoms with Crippen molar-refractivity contribution in [1.82, 2.24) is 10.4 Å². The SMILES string of the molecule is CC1CC1C(NN)c1cccnc1. The van der Waals surface area contributed by atoms with E-state index >= 15 is 0 Å². The highest BCUT2D eigenvalue weighted by Gasteiger charge is 2.39. The summed E-state index contributed by atoms with van der Waals surface area (Å²) in [6.45, 7) is 2.26. The number of hydrogen-bond acceptors (Lipinski definition) is 3. The van der Waals surface area contributed by atoms with Crippen molar-refractivity contribution in [2.75, 3.05) is 0 Å². The van der Waals surface area contributed by atoms with Gasteiger partial charge in [-0.15, -0.1) is 0 Å². The van der Waals surface area contributed by atoms with E-state index in [1.54, 1.807) is 6.20 Å². The molecule has 0 spiro atoms. The Bertz CT molecular complexity index is 273. The summed E-state index contributed by atoms with van der Waals surface area (Å²) in [5.41, 5.74) is 4.06. The zero-order valence-electron chi connectivity index (χ0n) is 7.77. The Morgan fingerprint density at radius 2 is 2.46 bits per heavy atom. The van der Waals surface area contributed by atoms with Gasteiger partial charge in [0.25, 0.3) is 0 Å². The fraction of sp³-hybridized carbons (Fsp3) is 0.500. The summed E-state index contributed by atoms with van der Waals surface area (Å²) in [4.78, 5) is 4.09. The summed E-state index contributed by atoms with van der Waals surface area (Å²) in [5, 5.41) is 0. The third-order valence-electron chi connectivity index (χ3n) is 2.82. The first-order chi connectivity index (χ1) is 6.33. The number of nitrogens with zero attached hydrogens (tertiary/aromatic N) is 1. The second-order valence-electron chi connectivity index (χ2n) is 3.81. The van der Waals surface area contributed by atoms with Crippen LogP contribution in [0.25, 0.3) is 0 Å². The van der Waals surface area contributed by atoms with Gasteiger partial charge >= 0.3 is 0 Å². The predicted octanol–water partition coefficient (Wildman–Crippen LogP) is 1.24. The van der Waals surface area contributed by atoms with Crippen LogP contribution in [0, 0.1) is 11.8 Å². The Morgan fingerprint density at radius 1 is 1.69 bits per heavy atom. The molecule has 3 unspecified atom stereocenters. The Kier molecular flexibility index (Phi) is 2.29. The molecule has 0 amide bonds. The molecule has 0 aliphatic heterocycles. The molecule has 0 bridgehead atoms. The lowest BCUT2D eigenvalue weighted by Crippen LogP contribution is -2.29. The van der Waals surface area contributed by atoms with Crippen molar-refractivity contribution in [1.29, 1.82) is 0 Å². The Hall–Kier alpha value is -0.930. The standard InChI is InChI=1S/C10H15N3/c1-7-5-9(7)10(13-11)8-3-2-4-12-6-8/h2-4,6-7,9-10,13H,5,11H2,1H3. The highest BCUT2D eigenvalue weighted by molar-refractivity contribution is 5.17. The first-order valence-electron chi connectivity index (χ1n) is 4.69. The molecule has 3 atom stereocenters. The highest BCUT2D eigenvalue weighted by atomic mass is 15.2. The van der Waals surface area contributed by atoms with Crippen LogP contribution in [0.3, 0.4) is 0 Å². The fourth-order valence-electron chi connectivity index (χ4n) is 1.84. The van der Waals surface area contributed by atoms with Crippen molar-refractivity contribution in [3.8, 4) is 0 Å². The summed E-state index contributed by atoms with van der Waals surface area (Å²) >= 11 is 0. The van der Waals surface area contributed by atoms with Crippen molar-refractivity contribution >= 4 is 0 Å². The molecule has 0 aromatic carbocycles. The molecule has 1 saturated carbocycles. The molecular formula is C10H15N3. The normalized spacial score (nSPS) is 28.5. The van der Waals surface area contributed by atoms with Gasteiger partial charge < -0.3 is 0 Å². The van der Waals surface area contributed by atoms with Crippen LogP contribution in [0.15, 0.2) is 24.5 Å². The van der Waals surface area contributed by atoms with Crippen LogP contribution >= 0.6 is 0 Å². The summed E-state index contributed by atoms with van der Waals surface area (Å²) in [6.07, 6.45) is 4.94.